The lowest BCUT2D eigenvalue weighted by atomic mass is 9.99. The van der Waals surface area contributed by atoms with E-state index >= 15 is 0 Å². The van der Waals surface area contributed by atoms with E-state index in [2.05, 4.69) is 58.9 Å². The van der Waals surface area contributed by atoms with Gasteiger partial charge >= 0.3 is 39.5 Å². The molecule has 0 aliphatic rings. The Morgan fingerprint density at radius 2 is 0.509 bits per heavy atom. The highest BCUT2D eigenvalue weighted by atomic mass is 31.2. The smallest absolute Gasteiger partial charge is 0.462 e. The van der Waals surface area contributed by atoms with Gasteiger partial charge in [-0.1, -0.05) is 418 Å². The first-order valence-corrected chi connectivity index (χ1v) is 49.5. The zero-order chi connectivity index (χ0) is 80.4. The van der Waals surface area contributed by atoms with Crippen molar-refractivity contribution >= 4 is 39.5 Å². The van der Waals surface area contributed by atoms with E-state index in [1.165, 1.54) is 283 Å². The van der Waals surface area contributed by atoms with Crippen LogP contribution >= 0.6 is 15.6 Å². The van der Waals surface area contributed by atoms with Gasteiger partial charge in [-0.05, 0) is 57.3 Å². The van der Waals surface area contributed by atoms with Crippen LogP contribution < -0.4 is 0 Å². The quantitative estimate of drug-likeness (QED) is 0.0169. The van der Waals surface area contributed by atoms with Crippen LogP contribution in [0.15, 0.2) is 24.3 Å². The summed E-state index contributed by atoms with van der Waals surface area (Å²) in [5.41, 5.74) is 0. The Kier molecular flexibility index (Phi) is 81.2. The van der Waals surface area contributed by atoms with Gasteiger partial charge in [-0.2, -0.15) is 0 Å². The molecule has 0 aliphatic carbocycles. The van der Waals surface area contributed by atoms with Gasteiger partial charge in [0.15, 0.2) is 12.2 Å². The van der Waals surface area contributed by atoms with Crippen LogP contribution in [0.3, 0.4) is 0 Å². The molecule has 17 nitrogen and oxygen atoms in total. The lowest BCUT2D eigenvalue weighted by molar-refractivity contribution is -0.161. The molecular formula is C91H174O17P2. The minimum Gasteiger partial charge on any atom is -0.462 e. The number of allylic oxidation sites excluding steroid dienone is 4. The summed E-state index contributed by atoms with van der Waals surface area (Å²) >= 11 is 0. The number of carbonyl (C=O) groups excluding carboxylic acids is 4. The molecule has 3 N–H and O–H groups in total. The molecule has 0 saturated carbocycles. The Labute approximate surface area is 675 Å². The van der Waals surface area contributed by atoms with E-state index < -0.39 is 97.5 Å². The summed E-state index contributed by atoms with van der Waals surface area (Å²) in [6, 6.07) is 0. The molecule has 6 atom stereocenters. The second kappa shape index (κ2) is 83.0. The van der Waals surface area contributed by atoms with Crippen molar-refractivity contribution in [3.8, 4) is 0 Å². The van der Waals surface area contributed by atoms with Crippen molar-refractivity contribution in [2.45, 2.75) is 490 Å². The molecule has 0 bridgehead atoms. The monoisotopic (exact) mass is 1600 g/mol. The average Bonchev–Trinajstić information content (AvgIpc) is 0.906. The SMILES string of the molecule is CCCCCC/C=C\C=C/CCCCCCCC(=O)O[C@H](COC(=O)CCCCCCCCCCC(C)CC)COP(=O)(O)OC[C@H](O)COP(=O)(O)OC[C@@H](COC(=O)CCCCCCCCCCCCCCCCCCCCCCC)OC(=O)CCCCCCCCCCCCCCCCCCCCCCCC. The highest BCUT2D eigenvalue weighted by Gasteiger charge is 2.31. The van der Waals surface area contributed by atoms with Crippen LogP contribution in [0.25, 0.3) is 0 Å². The van der Waals surface area contributed by atoms with Crippen molar-refractivity contribution in [3.05, 3.63) is 24.3 Å². The number of phosphoric ester groups is 2. The molecule has 0 spiro atoms. The molecular weight excluding hydrogens is 1430 g/mol. The summed E-state index contributed by atoms with van der Waals surface area (Å²) in [5, 5.41) is 10.7. The van der Waals surface area contributed by atoms with Gasteiger partial charge in [-0.3, -0.25) is 37.3 Å². The molecule has 19 heteroatoms. The van der Waals surface area contributed by atoms with E-state index in [4.69, 9.17) is 37.0 Å². The predicted octanol–water partition coefficient (Wildman–Crippen LogP) is 27.9. The first kappa shape index (κ1) is 108. The van der Waals surface area contributed by atoms with Crippen LogP contribution in [0.5, 0.6) is 0 Å². The van der Waals surface area contributed by atoms with Gasteiger partial charge in [0.2, 0.25) is 0 Å². The van der Waals surface area contributed by atoms with Crippen molar-refractivity contribution < 1.29 is 80.2 Å². The maximum atomic E-state index is 13.2. The number of ether oxygens (including phenoxy) is 4. The molecule has 110 heavy (non-hydrogen) atoms. The average molecular weight is 1600 g/mol. The lowest BCUT2D eigenvalue weighted by Crippen LogP contribution is -2.30. The summed E-state index contributed by atoms with van der Waals surface area (Å²) in [6.07, 6.45) is 81.5. The van der Waals surface area contributed by atoms with E-state index in [1.54, 1.807) is 0 Å². The van der Waals surface area contributed by atoms with Crippen LogP contribution in [-0.2, 0) is 65.4 Å². The Bertz CT molecular complexity index is 2180. The van der Waals surface area contributed by atoms with Crippen molar-refractivity contribution in [3.63, 3.8) is 0 Å². The summed E-state index contributed by atoms with van der Waals surface area (Å²) in [7, 11) is -9.95. The number of hydrogen-bond donors (Lipinski definition) is 3. The number of phosphoric acid groups is 2. The molecule has 0 fully saturated rings. The van der Waals surface area contributed by atoms with Crippen LogP contribution in [0.1, 0.15) is 471 Å². The fourth-order valence-electron chi connectivity index (χ4n) is 13.8. The molecule has 0 rings (SSSR count). The highest BCUT2D eigenvalue weighted by molar-refractivity contribution is 7.47. The standard InChI is InChI=1S/C91H174O17P2/c1-6-10-13-16-19-22-25-28-31-33-35-37-39-41-43-46-49-52-55-62-67-72-77-90(95)107-86(80-101-88(93)74-69-64-59-53-50-47-45-42-40-38-36-34-32-29-26-23-20-17-14-11-7-2)82-105-109(97,98)103-78-85(92)79-104-110(99,100)106-83-87(81-102-89(94)75-70-65-60-57-56-58-63-68-73-84(5)9-4)108-91(96)76-71-66-61-54-51-48-44-30-27-24-21-18-15-12-8-3/h24,27,30,44,84-87,92H,6-23,25-26,28-29,31-43,45-83H2,1-5H3,(H,97,98)(H,99,100)/b27-24-,44-30-/t84?,85-,86-,87-/m1/s1. The number of rotatable bonds is 89. The molecule has 0 saturated heterocycles. The minimum atomic E-state index is -4.97. The number of hydrogen-bond acceptors (Lipinski definition) is 15. The third kappa shape index (κ3) is 82.1. The molecule has 650 valence electrons. The highest BCUT2D eigenvalue weighted by Crippen LogP contribution is 2.45. The molecule has 3 unspecified atom stereocenters. The fraction of sp³-hybridized carbons (Fsp3) is 0.912. The summed E-state index contributed by atoms with van der Waals surface area (Å²) in [4.78, 5) is 73.4. The Morgan fingerprint density at radius 1 is 0.291 bits per heavy atom. The van der Waals surface area contributed by atoms with Crippen molar-refractivity contribution in [2.24, 2.45) is 5.92 Å². The molecule has 0 aromatic rings. The first-order chi connectivity index (χ1) is 53.6. The van der Waals surface area contributed by atoms with Crippen LogP contribution in [-0.4, -0.2) is 96.7 Å². The maximum absolute atomic E-state index is 13.2. The van der Waals surface area contributed by atoms with E-state index in [1.807, 2.05) is 0 Å². The molecule has 0 radical (unpaired) electrons. The normalized spacial score (nSPS) is 14.1. The third-order valence-electron chi connectivity index (χ3n) is 21.3. The third-order valence-corrected chi connectivity index (χ3v) is 23.2. The van der Waals surface area contributed by atoms with E-state index in [0.29, 0.717) is 25.7 Å². The zero-order valence-corrected chi connectivity index (χ0v) is 73.7. The van der Waals surface area contributed by atoms with Gasteiger partial charge in [0.05, 0.1) is 26.4 Å². The Balaban J connectivity index is 5.26. The molecule has 0 amide bonds. The number of aliphatic hydroxyl groups is 1. The van der Waals surface area contributed by atoms with Crippen LogP contribution in [0, 0.1) is 5.92 Å². The van der Waals surface area contributed by atoms with E-state index in [-0.39, 0.29) is 25.7 Å². The van der Waals surface area contributed by atoms with Gasteiger partial charge in [-0.25, -0.2) is 9.13 Å². The Morgan fingerprint density at radius 3 is 0.773 bits per heavy atom. The van der Waals surface area contributed by atoms with Gasteiger partial charge < -0.3 is 33.8 Å². The van der Waals surface area contributed by atoms with Gasteiger partial charge in [0, 0.05) is 25.7 Å². The number of aliphatic hydroxyl groups excluding tert-OH is 1. The summed E-state index contributed by atoms with van der Waals surface area (Å²) in [6.45, 7) is 7.32. The minimum absolute atomic E-state index is 0.0852. The molecule has 0 aliphatic heterocycles. The zero-order valence-electron chi connectivity index (χ0n) is 71.9. The fourth-order valence-corrected chi connectivity index (χ4v) is 15.4. The predicted molar refractivity (Wildman–Crippen MR) is 455 cm³/mol. The number of carbonyl (C=O) groups is 4. The number of unbranched alkanes of at least 4 members (excludes halogenated alkanes) is 57. The number of esters is 4. The van der Waals surface area contributed by atoms with Crippen LogP contribution in [0.4, 0.5) is 0 Å². The van der Waals surface area contributed by atoms with Crippen LogP contribution in [0.2, 0.25) is 0 Å². The topological polar surface area (TPSA) is 237 Å². The molecule has 0 heterocycles. The van der Waals surface area contributed by atoms with Crippen molar-refractivity contribution in [1.82, 2.24) is 0 Å². The summed E-state index contributed by atoms with van der Waals surface area (Å²) < 4.78 is 69.0. The molecule has 0 aromatic carbocycles. The first-order valence-electron chi connectivity index (χ1n) is 46.5. The van der Waals surface area contributed by atoms with Crippen molar-refractivity contribution in [1.29, 1.82) is 0 Å². The Hall–Kier alpha value is -2.46. The second-order valence-electron chi connectivity index (χ2n) is 32.3. The lowest BCUT2D eigenvalue weighted by Gasteiger charge is -2.21. The molecule has 0 aromatic heterocycles. The van der Waals surface area contributed by atoms with Gasteiger partial charge in [0.25, 0.3) is 0 Å². The van der Waals surface area contributed by atoms with Gasteiger partial charge in [-0.15, -0.1) is 0 Å². The maximum Gasteiger partial charge on any atom is 0.472 e. The summed E-state index contributed by atoms with van der Waals surface area (Å²) in [5.74, 6) is -1.35. The van der Waals surface area contributed by atoms with E-state index in [9.17, 15) is 43.2 Å². The second-order valence-corrected chi connectivity index (χ2v) is 35.2. The van der Waals surface area contributed by atoms with Gasteiger partial charge in [0.1, 0.15) is 19.3 Å². The van der Waals surface area contributed by atoms with Crippen molar-refractivity contribution in [2.75, 3.05) is 39.6 Å². The largest absolute Gasteiger partial charge is 0.472 e. The van der Waals surface area contributed by atoms with E-state index in [0.717, 1.165) is 109 Å².